The molecule has 24 heavy (non-hydrogen) atoms. The summed E-state index contributed by atoms with van der Waals surface area (Å²) in [5.74, 6) is -0.401. The summed E-state index contributed by atoms with van der Waals surface area (Å²) in [7, 11) is -3.70. The monoisotopic (exact) mass is 368 g/mol. The van der Waals surface area contributed by atoms with E-state index in [1.807, 2.05) is 13.8 Å². The molecule has 0 spiro atoms. The zero-order valence-corrected chi connectivity index (χ0v) is 15.2. The number of carbonyl (C=O) groups is 1. The number of hydrogen-bond donors (Lipinski definition) is 1. The van der Waals surface area contributed by atoms with Crippen molar-refractivity contribution < 1.29 is 13.2 Å². The van der Waals surface area contributed by atoms with Crippen LogP contribution in [0.15, 0.2) is 23.1 Å². The Morgan fingerprint density at radius 1 is 1.38 bits per heavy atom. The van der Waals surface area contributed by atoms with Crippen LogP contribution in [0, 0.1) is 5.92 Å². The Morgan fingerprint density at radius 2 is 2.17 bits per heavy atom. The predicted octanol–water partition coefficient (Wildman–Crippen LogP) is 1.62. The number of piperidine rings is 1. The first-order chi connectivity index (χ1) is 11.4. The second kappa shape index (κ2) is 6.73. The van der Waals surface area contributed by atoms with Crippen LogP contribution < -0.4 is 5.32 Å². The van der Waals surface area contributed by atoms with Gasteiger partial charge in [-0.2, -0.15) is 13.1 Å². The lowest BCUT2D eigenvalue weighted by Crippen LogP contribution is -2.46. The van der Waals surface area contributed by atoms with Gasteiger partial charge >= 0.3 is 0 Å². The van der Waals surface area contributed by atoms with Crippen LogP contribution in [-0.2, 0) is 14.8 Å². The molecule has 1 aromatic carbocycles. The summed E-state index contributed by atoms with van der Waals surface area (Å²) < 4.78 is 35.7. The second-order valence-corrected chi connectivity index (χ2v) is 8.69. The fourth-order valence-corrected chi connectivity index (χ4v) is 5.18. The van der Waals surface area contributed by atoms with Crippen molar-refractivity contribution in [2.45, 2.75) is 37.6 Å². The normalized spacial score (nSPS) is 19.7. The molecular formula is C15H20N4O3S2. The van der Waals surface area contributed by atoms with Crippen LogP contribution in [0.1, 0.15) is 26.7 Å². The zero-order valence-electron chi connectivity index (χ0n) is 13.6. The molecule has 0 unspecified atom stereocenters. The van der Waals surface area contributed by atoms with Gasteiger partial charge in [0.25, 0.3) is 0 Å². The van der Waals surface area contributed by atoms with Gasteiger partial charge in [0.15, 0.2) is 0 Å². The Kier molecular flexibility index (Phi) is 4.84. The number of fused-ring (bicyclic) bond motifs is 1. The Balaban J connectivity index is 1.87. The van der Waals surface area contributed by atoms with Crippen molar-refractivity contribution in [2.75, 3.05) is 13.1 Å². The molecule has 130 valence electrons. The van der Waals surface area contributed by atoms with E-state index in [0.29, 0.717) is 30.4 Å². The van der Waals surface area contributed by atoms with Gasteiger partial charge in [-0.15, -0.1) is 0 Å². The van der Waals surface area contributed by atoms with Gasteiger partial charge < -0.3 is 5.32 Å². The smallest absolute Gasteiger partial charge is 0.245 e. The van der Waals surface area contributed by atoms with E-state index in [-0.39, 0.29) is 29.3 Å². The van der Waals surface area contributed by atoms with Gasteiger partial charge in [-0.3, -0.25) is 4.79 Å². The molecule has 7 nitrogen and oxygen atoms in total. The molecule has 1 saturated heterocycles. The van der Waals surface area contributed by atoms with E-state index in [4.69, 9.17) is 0 Å². The van der Waals surface area contributed by atoms with Crippen molar-refractivity contribution in [1.82, 2.24) is 18.4 Å². The highest BCUT2D eigenvalue weighted by molar-refractivity contribution is 7.89. The third kappa shape index (κ3) is 3.28. The van der Waals surface area contributed by atoms with Crippen molar-refractivity contribution in [2.24, 2.45) is 5.92 Å². The molecular weight excluding hydrogens is 348 g/mol. The van der Waals surface area contributed by atoms with Gasteiger partial charge in [0, 0.05) is 19.1 Å². The average molecular weight is 368 g/mol. The fourth-order valence-electron chi connectivity index (χ4n) is 2.91. The third-order valence-corrected chi connectivity index (χ3v) is 6.49. The van der Waals surface area contributed by atoms with Crippen LogP contribution in [0.25, 0.3) is 11.0 Å². The minimum atomic E-state index is -3.70. The van der Waals surface area contributed by atoms with Gasteiger partial charge in [0.2, 0.25) is 15.9 Å². The maximum Gasteiger partial charge on any atom is 0.245 e. The number of carbonyl (C=O) groups excluding carboxylic acids is 1. The minimum Gasteiger partial charge on any atom is -0.354 e. The largest absolute Gasteiger partial charge is 0.354 e. The summed E-state index contributed by atoms with van der Waals surface area (Å²) in [6, 6.07) is 5.01. The van der Waals surface area contributed by atoms with Gasteiger partial charge in [0.05, 0.1) is 17.6 Å². The van der Waals surface area contributed by atoms with Gasteiger partial charge in [-0.25, -0.2) is 8.42 Å². The zero-order chi connectivity index (χ0) is 17.3. The van der Waals surface area contributed by atoms with Crippen LogP contribution >= 0.6 is 11.7 Å². The number of rotatable bonds is 4. The second-order valence-electron chi connectivity index (χ2n) is 6.25. The lowest BCUT2D eigenvalue weighted by molar-refractivity contribution is -0.126. The lowest BCUT2D eigenvalue weighted by Gasteiger charge is -2.31. The first-order valence-electron chi connectivity index (χ1n) is 7.91. The summed E-state index contributed by atoms with van der Waals surface area (Å²) >= 11 is 0.995. The Bertz CT molecular complexity index is 847. The molecule has 1 aliphatic rings. The van der Waals surface area contributed by atoms with Crippen LogP contribution in [-0.4, -0.2) is 46.5 Å². The molecule has 0 aliphatic carbocycles. The van der Waals surface area contributed by atoms with Gasteiger partial charge in [-0.1, -0.05) is 6.07 Å². The van der Waals surface area contributed by atoms with Gasteiger partial charge in [-0.05, 0) is 38.8 Å². The van der Waals surface area contributed by atoms with Crippen LogP contribution in [0.2, 0.25) is 0 Å². The number of nitrogens with one attached hydrogen (secondary N) is 1. The number of hydrogen-bond acceptors (Lipinski definition) is 6. The minimum absolute atomic E-state index is 0.0410. The van der Waals surface area contributed by atoms with E-state index in [1.165, 1.54) is 4.31 Å². The summed E-state index contributed by atoms with van der Waals surface area (Å²) in [6.07, 6.45) is 1.37. The van der Waals surface area contributed by atoms with E-state index in [0.717, 1.165) is 11.7 Å². The highest BCUT2D eigenvalue weighted by Gasteiger charge is 2.34. The quantitative estimate of drug-likeness (QED) is 0.885. The van der Waals surface area contributed by atoms with Crippen molar-refractivity contribution >= 4 is 38.7 Å². The predicted molar refractivity (Wildman–Crippen MR) is 92.2 cm³/mol. The van der Waals surface area contributed by atoms with E-state index in [2.05, 4.69) is 14.1 Å². The van der Waals surface area contributed by atoms with Crippen molar-refractivity contribution in [1.29, 1.82) is 0 Å². The molecule has 1 aromatic heterocycles. The molecule has 1 atom stereocenters. The van der Waals surface area contributed by atoms with E-state index in [1.54, 1.807) is 18.2 Å². The summed E-state index contributed by atoms with van der Waals surface area (Å²) in [5, 5.41) is 2.87. The number of sulfonamides is 1. The highest BCUT2D eigenvalue weighted by atomic mass is 32.2. The highest BCUT2D eigenvalue weighted by Crippen LogP contribution is 2.28. The summed E-state index contributed by atoms with van der Waals surface area (Å²) in [5.41, 5.74) is 0.975. The SMILES string of the molecule is CC(C)NC(=O)[C@H]1CCCN(S(=O)(=O)c2cccc3nsnc23)C1. The lowest BCUT2D eigenvalue weighted by atomic mass is 9.98. The number of amides is 1. The molecule has 1 fully saturated rings. The van der Waals surface area contributed by atoms with E-state index in [9.17, 15) is 13.2 Å². The molecule has 2 heterocycles. The van der Waals surface area contributed by atoms with Crippen LogP contribution in [0.5, 0.6) is 0 Å². The Labute approximate surface area is 145 Å². The van der Waals surface area contributed by atoms with Crippen molar-refractivity contribution in [3.8, 4) is 0 Å². The molecule has 9 heteroatoms. The summed E-state index contributed by atoms with van der Waals surface area (Å²) in [6.45, 7) is 4.41. The van der Waals surface area contributed by atoms with Crippen molar-refractivity contribution in [3.63, 3.8) is 0 Å². The van der Waals surface area contributed by atoms with Crippen LogP contribution in [0.4, 0.5) is 0 Å². The topological polar surface area (TPSA) is 92.3 Å². The molecule has 1 aliphatic heterocycles. The first kappa shape index (κ1) is 17.2. The van der Waals surface area contributed by atoms with Crippen LogP contribution in [0.3, 0.4) is 0 Å². The fraction of sp³-hybridized carbons (Fsp3) is 0.533. The Morgan fingerprint density at radius 3 is 2.92 bits per heavy atom. The third-order valence-electron chi connectivity index (χ3n) is 4.05. The number of aromatic nitrogens is 2. The maximum atomic E-state index is 13.0. The van der Waals surface area contributed by atoms with Gasteiger partial charge in [0.1, 0.15) is 15.9 Å². The average Bonchev–Trinajstić information content (AvgIpc) is 3.02. The first-order valence-corrected chi connectivity index (χ1v) is 10.1. The maximum absolute atomic E-state index is 13.0. The van der Waals surface area contributed by atoms with E-state index < -0.39 is 10.0 Å². The molecule has 3 rings (SSSR count). The number of nitrogens with zero attached hydrogens (tertiary/aromatic N) is 3. The Hall–Kier alpha value is -1.58. The molecule has 0 saturated carbocycles. The molecule has 1 amide bonds. The molecule has 0 bridgehead atoms. The van der Waals surface area contributed by atoms with Crippen molar-refractivity contribution in [3.05, 3.63) is 18.2 Å². The standard InChI is InChI=1S/C15H20N4O3S2/c1-10(2)16-15(20)11-5-4-8-19(9-11)24(21,22)13-7-3-6-12-14(13)18-23-17-12/h3,6-7,10-11H,4-5,8-9H2,1-2H3,(H,16,20)/t11-/m0/s1. The molecule has 0 radical (unpaired) electrons. The molecule has 2 aromatic rings. The number of benzene rings is 1. The summed E-state index contributed by atoms with van der Waals surface area (Å²) in [4.78, 5) is 12.4. The van der Waals surface area contributed by atoms with E-state index >= 15 is 0 Å². The molecule has 1 N–H and O–H groups in total.